The standard InChI is InChI=1S/C9H14O2Si/c1-3-12(2)8-6-4-5-7(10)9(8)11/h3-7,9-12H,1H2,2H3/t7-,9-,12?/m0/s1. The second kappa shape index (κ2) is 3.84. The zero-order valence-corrected chi connectivity index (χ0v) is 8.30. The van der Waals surface area contributed by atoms with Gasteiger partial charge in [0.2, 0.25) is 0 Å². The third-order valence-electron chi connectivity index (χ3n) is 2.14. The maximum absolute atomic E-state index is 9.56. The fourth-order valence-corrected chi connectivity index (χ4v) is 2.66. The lowest BCUT2D eigenvalue weighted by Crippen LogP contribution is -2.33. The normalized spacial score (nSPS) is 31.1. The molecule has 0 aromatic carbocycles. The van der Waals surface area contributed by atoms with E-state index in [9.17, 15) is 10.2 Å². The van der Waals surface area contributed by atoms with E-state index in [-0.39, 0.29) is 0 Å². The minimum absolute atomic E-state index is 0.713. The van der Waals surface area contributed by atoms with Crippen LogP contribution in [0, 0.1) is 0 Å². The number of hydrogen-bond donors (Lipinski definition) is 2. The zero-order chi connectivity index (χ0) is 9.14. The van der Waals surface area contributed by atoms with Crippen LogP contribution in [0.5, 0.6) is 0 Å². The van der Waals surface area contributed by atoms with Crippen molar-refractivity contribution in [1.82, 2.24) is 0 Å². The Balaban J connectivity index is 2.82. The summed E-state index contributed by atoms with van der Waals surface area (Å²) in [6.07, 6.45) is 3.82. The third kappa shape index (κ3) is 1.74. The summed E-state index contributed by atoms with van der Waals surface area (Å²) in [7, 11) is -1.20. The van der Waals surface area contributed by atoms with Gasteiger partial charge >= 0.3 is 0 Å². The Morgan fingerprint density at radius 3 is 2.83 bits per heavy atom. The molecule has 0 spiro atoms. The van der Waals surface area contributed by atoms with E-state index >= 15 is 0 Å². The Morgan fingerprint density at radius 2 is 2.25 bits per heavy atom. The van der Waals surface area contributed by atoms with E-state index < -0.39 is 21.0 Å². The lowest BCUT2D eigenvalue weighted by molar-refractivity contribution is 0.0758. The highest BCUT2D eigenvalue weighted by Crippen LogP contribution is 2.16. The molecule has 1 unspecified atom stereocenters. The number of hydrogen-bond acceptors (Lipinski definition) is 2. The highest BCUT2D eigenvalue weighted by atomic mass is 28.3. The topological polar surface area (TPSA) is 40.5 Å². The van der Waals surface area contributed by atoms with Crippen LogP contribution in [-0.4, -0.2) is 31.2 Å². The predicted molar refractivity (Wildman–Crippen MR) is 52.4 cm³/mol. The van der Waals surface area contributed by atoms with Gasteiger partial charge in [0.1, 0.15) is 12.2 Å². The molecule has 2 N–H and O–H groups in total. The van der Waals surface area contributed by atoms with Crippen molar-refractivity contribution in [3.8, 4) is 0 Å². The molecule has 0 bridgehead atoms. The molecule has 0 heterocycles. The molecular formula is C9H14O2Si. The van der Waals surface area contributed by atoms with Gasteiger partial charge in [-0.15, -0.1) is 12.3 Å². The molecule has 0 saturated heterocycles. The van der Waals surface area contributed by atoms with E-state index in [1.54, 1.807) is 12.2 Å². The first-order valence-electron chi connectivity index (χ1n) is 4.03. The summed E-state index contributed by atoms with van der Waals surface area (Å²) in [5.74, 6) is 0. The van der Waals surface area contributed by atoms with Crippen molar-refractivity contribution >= 4 is 8.80 Å². The summed E-state index contributed by atoms with van der Waals surface area (Å²) >= 11 is 0. The molecule has 0 aromatic heterocycles. The molecule has 66 valence electrons. The highest BCUT2D eigenvalue weighted by molar-refractivity contribution is 6.70. The van der Waals surface area contributed by atoms with Gasteiger partial charge in [-0.3, -0.25) is 0 Å². The van der Waals surface area contributed by atoms with Gasteiger partial charge in [0, 0.05) is 0 Å². The molecule has 0 radical (unpaired) electrons. The van der Waals surface area contributed by atoms with E-state index in [2.05, 4.69) is 13.1 Å². The smallest absolute Gasteiger partial charge is 0.102 e. The van der Waals surface area contributed by atoms with Crippen molar-refractivity contribution in [1.29, 1.82) is 0 Å². The van der Waals surface area contributed by atoms with Crippen molar-refractivity contribution in [2.45, 2.75) is 18.8 Å². The van der Waals surface area contributed by atoms with Crippen molar-refractivity contribution < 1.29 is 10.2 Å². The van der Waals surface area contributed by atoms with Crippen molar-refractivity contribution in [3.05, 3.63) is 35.7 Å². The van der Waals surface area contributed by atoms with Crippen LogP contribution in [0.1, 0.15) is 0 Å². The maximum atomic E-state index is 9.56. The molecule has 3 atom stereocenters. The van der Waals surface area contributed by atoms with Crippen LogP contribution in [0.25, 0.3) is 0 Å². The van der Waals surface area contributed by atoms with Crippen LogP contribution >= 0.6 is 0 Å². The molecule has 3 heteroatoms. The Kier molecular flexibility index (Phi) is 3.03. The summed E-state index contributed by atoms with van der Waals surface area (Å²) < 4.78 is 0. The van der Waals surface area contributed by atoms with Crippen LogP contribution in [0.3, 0.4) is 0 Å². The molecule has 0 amide bonds. The highest BCUT2D eigenvalue weighted by Gasteiger charge is 2.23. The molecule has 12 heavy (non-hydrogen) atoms. The van der Waals surface area contributed by atoms with E-state index in [0.29, 0.717) is 0 Å². The van der Waals surface area contributed by atoms with E-state index in [1.165, 1.54) is 0 Å². The number of rotatable bonds is 2. The van der Waals surface area contributed by atoms with Gasteiger partial charge in [-0.2, -0.15) is 0 Å². The van der Waals surface area contributed by atoms with E-state index in [0.717, 1.165) is 5.20 Å². The summed E-state index contributed by atoms with van der Waals surface area (Å²) in [5, 5.41) is 19.8. The Morgan fingerprint density at radius 1 is 1.58 bits per heavy atom. The van der Waals surface area contributed by atoms with Crippen LogP contribution in [0.15, 0.2) is 35.7 Å². The second-order valence-electron chi connectivity index (χ2n) is 3.01. The van der Waals surface area contributed by atoms with Crippen LogP contribution < -0.4 is 0 Å². The van der Waals surface area contributed by atoms with Gasteiger partial charge in [-0.1, -0.05) is 24.8 Å². The number of aliphatic hydroxyl groups excluding tert-OH is 2. The van der Waals surface area contributed by atoms with Gasteiger partial charge in [0.15, 0.2) is 0 Å². The molecule has 0 aliphatic heterocycles. The molecule has 0 aromatic rings. The average Bonchev–Trinajstić information content (AvgIpc) is 2.08. The Bertz CT molecular complexity index is 233. The lowest BCUT2D eigenvalue weighted by atomic mass is 10.1. The van der Waals surface area contributed by atoms with Gasteiger partial charge in [-0.25, -0.2) is 0 Å². The van der Waals surface area contributed by atoms with Crippen LogP contribution in [0.2, 0.25) is 6.55 Å². The quantitative estimate of drug-likeness (QED) is 0.604. The van der Waals surface area contributed by atoms with E-state index in [1.807, 2.05) is 11.8 Å². The first-order valence-corrected chi connectivity index (χ1v) is 6.43. The minimum atomic E-state index is -1.20. The monoisotopic (exact) mass is 182 g/mol. The number of allylic oxidation sites excluding steroid dienone is 2. The SMILES string of the molecule is C=C[SiH](C)C1=CC=C[C@H](O)[C@@H]1O. The van der Waals surface area contributed by atoms with Gasteiger partial charge in [0.05, 0.1) is 8.80 Å². The number of aliphatic hydroxyl groups is 2. The second-order valence-corrected chi connectivity index (χ2v) is 5.73. The van der Waals surface area contributed by atoms with Gasteiger partial charge in [-0.05, 0) is 5.20 Å². The first kappa shape index (κ1) is 9.44. The Labute approximate surface area is 74.2 Å². The summed E-state index contributed by atoms with van der Waals surface area (Å²) in [5.41, 5.74) is 1.89. The molecule has 1 rings (SSSR count). The zero-order valence-electron chi connectivity index (χ0n) is 7.14. The first-order chi connectivity index (χ1) is 5.66. The molecule has 0 fully saturated rings. The van der Waals surface area contributed by atoms with Gasteiger partial charge < -0.3 is 10.2 Å². The third-order valence-corrected chi connectivity index (χ3v) is 4.43. The largest absolute Gasteiger partial charge is 0.386 e. The average molecular weight is 182 g/mol. The van der Waals surface area contributed by atoms with E-state index in [4.69, 9.17) is 0 Å². The Hall–Kier alpha value is -0.643. The van der Waals surface area contributed by atoms with Crippen molar-refractivity contribution in [2.24, 2.45) is 0 Å². The van der Waals surface area contributed by atoms with Crippen molar-refractivity contribution in [2.75, 3.05) is 0 Å². The van der Waals surface area contributed by atoms with Crippen LogP contribution in [-0.2, 0) is 0 Å². The lowest BCUT2D eigenvalue weighted by Gasteiger charge is -2.23. The molecule has 2 nitrogen and oxygen atoms in total. The summed E-state index contributed by atoms with van der Waals surface area (Å²) in [4.78, 5) is 0. The maximum Gasteiger partial charge on any atom is 0.102 e. The van der Waals surface area contributed by atoms with Gasteiger partial charge in [0.25, 0.3) is 0 Å². The molecule has 0 saturated carbocycles. The fraction of sp³-hybridized carbons (Fsp3) is 0.333. The van der Waals surface area contributed by atoms with Crippen molar-refractivity contribution in [3.63, 3.8) is 0 Å². The summed E-state index contributed by atoms with van der Waals surface area (Å²) in [6.45, 7) is 5.78. The minimum Gasteiger partial charge on any atom is -0.386 e. The molecule has 1 aliphatic carbocycles. The fourth-order valence-electron chi connectivity index (χ4n) is 1.24. The summed E-state index contributed by atoms with van der Waals surface area (Å²) in [6, 6.07) is 0. The molecular weight excluding hydrogens is 168 g/mol. The van der Waals surface area contributed by atoms with Crippen LogP contribution in [0.4, 0.5) is 0 Å². The molecule has 1 aliphatic rings. The predicted octanol–water partition coefficient (Wildman–Crippen LogP) is 0.326.